The first-order chi connectivity index (χ1) is 9.51. The molecule has 0 saturated carbocycles. The van der Waals surface area contributed by atoms with E-state index in [1.807, 2.05) is 4.90 Å². The summed E-state index contributed by atoms with van der Waals surface area (Å²) >= 11 is 0. The third-order valence-electron chi connectivity index (χ3n) is 3.64. The number of aliphatic hydroxyl groups is 1. The van der Waals surface area contributed by atoms with Crippen LogP contribution in [0.15, 0.2) is 18.2 Å². The summed E-state index contributed by atoms with van der Waals surface area (Å²) in [6.45, 7) is 1.11. The van der Waals surface area contributed by atoms with Crippen molar-refractivity contribution in [2.75, 3.05) is 20.2 Å². The SMILES string of the molecule is COc1ccc(CN2CC[C@H](C(=O)O)[C@H](O)C2)c(F)c1. The Balaban J connectivity index is 2.00. The number of carboxylic acid groups (broad SMARTS) is 1. The highest BCUT2D eigenvalue weighted by Gasteiger charge is 2.32. The molecule has 0 bridgehead atoms. The molecule has 20 heavy (non-hydrogen) atoms. The van der Waals surface area contributed by atoms with Crippen LogP contribution in [-0.2, 0) is 11.3 Å². The molecule has 2 N–H and O–H groups in total. The van der Waals surface area contributed by atoms with Gasteiger partial charge in [-0.1, -0.05) is 6.07 Å². The van der Waals surface area contributed by atoms with Crippen LogP contribution < -0.4 is 4.74 Å². The van der Waals surface area contributed by atoms with Crippen molar-refractivity contribution >= 4 is 5.97 Å². The van der Waals surface area contributed by atoms with Crippen LogP contribution >= 0.6 is 0 Å². The topological polar surface area (TPSA) is 70.0 Å². The Kier molecular flexibility index (Phi) is 4.57. The van der Waals surface area contributed by atoms with Crippen LogP contribution in [-0.4, -0.2) is 47.4 Å². The quantitative estimate of drug-likeness (QED) is 0.866. The lowest BCUT2D eigenvalue weighted by atomic mass is 9.94. The molecular weight excluding hydrogens is 265 g/mol. The largest absolute Gasteiger partial charge is 0.497 e. The normalized spacial score (nSPS) is 23.6. The van der Waals surface area contributed by atoms with E-state index in [-0.39, 0.29) is 12.4 Å². The number of benzene rings is 1. The molecular formula is C14H18FNO4. The van der Waals surface area contributed by atoms with Crippen molar-refractivity contribution in [3.8, 4) is 5.75 Å². The molecule has 2 atom stereocenters. The molecule has 0 aliphatic carbocycles. The molecule has 1 aliphatic heterocycles. The predicted octanol–water partition coefficient (Wildman–Crippen LogP) is 1.10. The summed E-state index contributed by atoms with van der Waals surface area (Å²) in [5.41, 5.74) is 0.506. The van der Waals surface area contributed by atoms with Gasteiger partial charge in [0.15, 0.2) is 0 Å². The van der Waals surface area contributed by atoms with Gasteiger partial charge in [-0.15, -0.1) is 0 Å². The molecule has 2 rings (SSSR count). The smallest absolute Gasteiger partial charge is 0.309 e. The number of methoxy groups -OCH3 is 1. The number of hydrogen-bond donors (Lipinski definition) is 2. The third-order valence-corrected chi connectivity index (χ3v) is 3.64. The number of ether oxygens (including phenoxy) is 1. The fraction of sp³-hybridized carbons (Fsp3) is 0.500. The van der Waals surface area contributed by atoms with E-state index in [0.717, 1.165) is 0 Å². The van der Waals surface area contributed by atoms with E-state index in [9.17, 15) is 14.3 Å². The molecule has 1 saturated heterocycles. The Hall–Kier alpha value is -1.66. The van der Waals surface area contributed by atoms with Gasteiger partial charge < -0.3 is 14.9 Å². The Morgan fingerprint density at radius 3 is 2.85 bits per heavy atom. The van der Waals surface area contributed by atoms with E-state index in [1.54, 1.807) is 12.1 Å². The summed E-state index contributed by atoms with van der Waals surface area (Å²) in [5.74, 6) is -1.62. The van der Waals surface area contributed by atoms with Gasteiger partial charge in [-0.2, -0.15) is 0 Å². The van der Waals surface area contributed by atoms with Crippen molar-refractivity contribution in [3.05, 3.63) is 29.6 Å². The molecule has 0 aromatic heterocycles. The number of likely N-dealkylation sites (tertiary alicyclic amines) is 1. The molecule has 110 valence electrons. The minimum atomic E-state index is -0.979. The molecule has 0 radical (unpaired) electrons. The third kappa shape index (κ3) is 3.26. The molecule has 1 aromatic rings. The lowest BCUT2D eigenvalue weighted by molar-refractivity contribution is -0.148. The second-order valence-electron chi connectivity index (χ2n) is 4.99. The predicted molar refractivity (Wildman–Crippen MR) is 70.0 cm³/mol. The van der Waals surface area contributed by atoms with Crippen molar-refractivity contribution in [2.45, 2.75) is 19.1 Å². The minimum Gasteiger partial charge on any atom is -0.497 e. The minimum absolute atomic E-state index is 0.239. The number of piperidine rings is 1. The first-order valence-electron chi connectivity index (χ1n) is 6.47. The lowest BCUT2D eigenvalue weighted by Gasteiger charge is -2.33. The summed E-state index contributed by atoms with van der Waals surface area (Å²) in [4.78, 5) is 12.8. The molecule has 0 unspecified atom stereocenters. The van der Waals surface area contributed by atoms with Crippen LogP contribution in [0.4, 0.5) is 4.39 Å². The van der Waals surface area contributed by atoms with Crippen molar-refractivity contribution in [1.29, 1.82) is 0 Å². The molecule has 1 fully saturated rings. The van der Waals surface area contributed by atoms with Gasteiger partial charge >= 0.3 is 5.97 Å². The van der Waals surface area contributed by atoms with Gasteiger partial charge in [0, 0.05) is 24.7 Å². The molecule has 1 aliphatic rings. The number of aliphatic hydroxyl groups excluding tert-OH is 1. The fourth-order valence-corrected chi connectivity index (χ4v) is 2.45. The number of aliphatic carboxylic acids is 1. The summed E-state index contributed by atoms with van der Waals surface area (Å²) in [5, 5.41) is 18.7. The first kappa shape index (κ1) is 14.7. The van der Waals surface area contributed by atoms with Crippen LogP contribution in [0.25, 0.3) is 0 Å². The first-order valence-corrected chi connectivity index (χ1v) is 6.47. The van der Waals surface area contributed by atoms with Gasteiger partial charge in [0.05, 0.1) is 19.1 Å². The highest BCUT2D eigenvalue weighted by molar-refractivity contribution is 5.70. The molecule has 1 aromatic carbocycles. The second-order valence-corrected chi connectivity index (χ2v) is 4.99. The molecule has 0 amide bonds. The summed E-state index contributed by atoms with van der Waals surface area (Å²) in [7, 11) is 1.47. The van der Waals surface area contributed by atoms with Crippen LogP contribution in [0.5, 0.6) is 5.75 Å². The van der Waals surface area contributed by atoms with Crippen LogP contribution in [0.1, 0.15) is 12.0 Å². The number of nitrogens with zero attached hydrogens (tertiary/aromatic N) is 1. The van der Waals surface area contributed by atoms with E-state index in [4.69, 9.17) is 9.84 Å². The van der Waals surface area contributed by atoms with Crippen molar-refractivity contribution in [2.24, 2.45) is 5.92 Å². The van der Waals surface area contributed by atoms with Gasteiger partial charge in [-0.3, -0.25) is 9.69 Å². The standard InChI is InChI=1S/C14H18FNO4/c1-20-10-3-2-9(12(15)6-10)7-16-5-4-11(14(18)19)13(17)8-16/h2-3,6,11,13,17H,4-5,7-8H2,1H3,(H,18,19)/t11-,13+/m0/s1. The lowest BCUT2D eigenvalue weighted by Crippen LogP contribution is -2.46. The Morgan fingerprint density at radius 2 is 2.30 bits per heavy atom. The van der Waals surface area contributed by atoms with Gasteiger partial charge in [0.2, 0.25) is 0 Å². The van der Waals surface area contributed by atoms with Crippen LogP contribution in [0.2, 0.25) is 0 Å². The van der Waals surface area contributed by atoms with Crippen molar-refractivity contribution in [3.63, 3.8) is 0 Å². The van der Waals surface area contributed by atoms with Crippen LogP contribution in [0, 0.1) is 11.7 Å². The highest BCUT2D eigenvalue weighted by Crippen LogP contribution is 2.22. The number of carbonyl (C=O) groups is 1. The maximum absolute atomic E-state index is 13.8. The maximum Gasteiger partial charge on any atom is 0.309 e. The number of β-amino-alcohol motifs (C(OH)–C–C–N with tert-alkyl or cyclic N) is 1. The van der Waals surface area contributed by atoms with Gasteiger partial charge in [-0.25, -0.2) is 4.39 Å². The van der Waals surface area contributed by atoms with E-state index in [1.165, 1.54) is 13.2 Å². The number of rotatable bonds is 4. The molecule has 0 spiro atoms. The Bertz CT molecular complexity index is 494. The van der Waals surface area contributed by atoms with Gasteiger partial charge in [-0.05, 0) is 19.0 Å². The number of halogens is 1. The van der Waals surface area contributed by atoms with E-state index in [0.29, 0.717) is 30.8 Å². The molecule has 1 heterocycles. The van der Waals surface area contributed by atoms with E-state index >= 15 is 0 Å². The Labute approximate surface area is 116 Å². The molecule has 6 heteroatoms. The molecule has 5 nitrogen and oxygen atoms in total. The van der Waals surface area contributed by atoms with Crippen LogP contribution in [0.3, 0.4) is 0 Å². The summed E-state index contributed by atoms with van der Waals surface area (Å²) < 4.78 is 18.8. The summed E-state index contributed by atoms with van der Waals surface area (Å²) in [6, 6.07) is 4.64. The Morgan fingerprint density at radius 1 is 1.55 bits per heavy atom. The fourth-order valence-electron chi connectivity index (χ4n) is 2.45. The van der Waals surface area contributed by atoms with Crippen molar-refractivity contribution in [1.82, 2.24) is 4.90 Å². The van der Waals surface area contributed by atoms with Gasteiger partial charge in [0.1, 0.15) is 11.6 Å². The summed E-state index contributed by atoms with van der Waals surface area (Å²) in [6.07, 6.45) is -0.545. The monoisotopic (exact) mass is 283 g/mol. The number of hydrogen-bond acceptors (Lipinski definition) is 4. The van der Waals surface area contributed by atoms with Crippen molar-refractivity contribution < 1.29 is 24.1 Å². The zero-order valence-electron chi connectivity index (χ0n) is 11.3. The highest BCUT2D eigenvalue weighted by atomic mass is 19.1. The maximum atomic E-state index is 13.8. The number of carboxylic acids is 1. The zero-order valence-corrected chi connectivity index (χ0v) is 11.3. The second kappa shape index (κ2) is 6.19. The average Bonchev–Trinajstić information content (AvgIpc) is 2.40. The van der Waals surface area contributed by atoms with E-state index in [2.05, 4.69) is 0 Å². The zero-order chi connectivity index (χ0) is 14.7. The van der Waals surface area contributed by atoms with E-state index < -0.39 is 18.0 Å². The average molecular weight is 283 g/mol. The van der Waals surface area contributed by atoms with Gasteiger partial charge in [0.25, 0.3) is 0 Å².